The van der Waals surface area contributed by atoms with E-state index in [0.717, 1.165) is 32.4 Å². The van der Waals surface area contributed by atoms with Gasteiger partial charge in [0.2, 0.25) is 5.91 Å². The highest BCUT2D eigenvalue weighted by Gasteiger charge is 2.36. The molecule has 2 fully saturated rings. The fourth-order valence-electron chi connectivity index (χ4n) is 3.77. The van der Waals surface area contributed by atoms with Crippen molar-refractivity contribution in [3.05, 3.63) is 0 Å². The first-order valence-corrected chi connectivity index (χ1v) is 7.63. The number of nitrogens with zero attached hydrogens (tertiary/aromatic N) is 1. The molecule has 1 amide bonds. The molecule has 104 valence electrons. The van der Waals surface area contributed by atoms with Gasteiger partial charge in [0.05, 0.1) is 0 Å². The van der Waals surface area contributed by atoms with Gasteiger partial charge in [-0.25, -0.2) is 0 Å². The summed E-state index contributed by atoms with van der Waals surface area (Å²) in [6.45, 7) is 6.39. The molecule has 0 aromatic heterocycles. The van der Waals surface area contributed by atoms with Crippen molar-refractivity contribution >= 4 is 5.91 Å². The zero-order chi connectivity index (χ0) is 13.1. The molecule has 1 aliphatic carbocycles. The normalized spacial score (nSPS) is 36.9. The average Bonchev–Trinajstić information content (AvgIpc) is 2.83. The lowest BCUT2D eigenvalue weighted by atomic mass is 9.88. The van der Waals surface area contributed by atoms with E-state index >= 15 is 0 Å². The second-order valence-corrected chi connectivity index (χ2v) is 6.15. The summed E-state index contributed by atoms with van der Waals surface area (Å²) in [5, 5.41) is 3.40. The van der Waals surface area contributed by atoms with Crippen LogP contribution in [0, 0.1) is 17.8 Å². The molecule has 1 saturated carbocycles. The number of piperidine rings is 1. The van der Waals surface area contributed by atoms with Gasteiger partial charge in [0, 0.05) is 25.0 Å². The Balaban J connectivity index is 1.95. The third-order valence-electron chi connectivity index (χ3n) is 5.12. The quantitative estimate of drug-likeness (QED) is 0.835. The minimum absolute atomic E-state index is 0.314. The molecule has 4 unspecified atom stereocenters. The minimum atomic E-state index is 0.314. The van der Waals surface area contributed by atoms with E-state index in [1.165, 1.54) is 12.8 Å². The number of hydrogen-bond acceptors (Lipinski definition) is 2. The lowest BCUT2D eigenvalue weighted by Gasteiger charge is -2.39. The van der Waals surface area contributed by atoms with Crippen molar-refractivity contribution in [2.45, 2.75) is 52.0 Å². The molecule has 0 aromatic rings. The molecule has 2 aliphatic rings. The number of amides is 1. The Morgan fingerprint density at radius 3 is 2.67 bits per heavy atom. The average molecular weight is 252 g/mol. The Morgan fingerprint density at radius 1 is 1.33 bits per heavy atom. The summed E-state index contributed by atoms with van der Waals surface area (Å²) in [4.78, 5) is 14.7. The van der Waals surface area contributed by atoms with Crippen LogP contribution in [-0.4, -0.2) is 37.0 Å². The molecule has 4 atom stereocenters. The number of hydrogen-bond donors (Lipinski definition) is 1. The molecule has 2 rings (SSSR count). The van der Waals surface area contributed by atoms with Gasteiger partial charge in [0.15, 0.2) is 0 Å². The van der Waals surface area contributed by atoms with Gasteiger partial charge in [-0.3, -0.25) is 4.79 Å². The summed E-state index contributed by atoms with van der Waals surface area (Å²) in [5.41, 5.74) is 0. The molecule has 3 nitrogen and oxygen atoms in total. The van der Waals surface area contributed by atoms with Crippen LogP contribution in [0.2, 0.25) is 0 Å². The van der Waals surface area contributed by atoms with E-state index in [-0.39, 0.29) is 0 Å². The molecular weight excluding hydrogens is 224 g/mol. The van der Waals surface area contributed by atoms with Crippen LogP contribution in [-0.2, 0) is 4.79 Å². The van der Waals surface area contributed by atoms with E-state index in [0.29, 0.717) is 29.7 Å². The van der Waals surface area contributed by atoms with Crippen LogP contribution in [0.25, 0.3) is 0 Å². The monoisotopic (exact) mass is 252 g/mol. The van der Waals surface area contributed by atoms with E-state index < -0.39 is 0 Å². The van der Waals surface area contributed by atoms with Gasteiger partial charge in [-0.05, 0) is 38.1 Å². The van der Waals surface area contributed by atoms with Crippen LogP contribution in [0.1, 0.15) is 46.0 Å². The van der Waals surface area contributed by atoms with Crippen molar-refractivity contribution in [2.24, 2.45) is 17.8 Å². The Labute approximate surface area is 111 Å². The standard InChI is InChI=1S/C15H28N2O/c1-4-12-10-17(9-8-14(12)16-3)15(18)13-7-5-6-11(13)2/h11-14,16H,4-10H2,1-3H3. The molecule has 1 heterocycles. The van der Waals surface area contributed by atoms with Crippen molar-refractivity contribution in [3.63, 3.8) is 0 Å². The minimum Gasteiger partial charge on any atom is -0.342 e. The van der Waals surface area contributed by atoms with E-state index in [2.05, 4.69) is 24.1 Å². The maximum absolute atomic E-state index is 12.6. The Kier molecular flexibility index (Phi) is 4.66. The van der Waals surface area contributed by atoms with Crippen molar-refractivity contribution < 1.29 is 4.79 Å². The Bertz CT molecular complexity index is 292. The van der Waals surface area contributed by atoms with E-state index in [4.69, 9.17) is 0 Å². The van der Waals surface area contributed by atoms with Crippen LogP contribution in [0.15, 0.2) is 0 Å². The van der Waals surface area contributed by atoms with Gasteiger partial charge >= 0.3 is 0 Å². The second-order valence-electron chi connectivity index (χ2n) is 6.15. The Morgan fingerprint density at radius 2 is 2.11 bits per heavy atom. The summed E-state index contributed by atoms with van der Waals surface area (Å²) < 4.78 is 0. The van der Waals surface area contributed by atoms with E-state index in [1.807, 2.05) is 7.05 Å². The SMILES string of the molecule is CCC1CN(C(=O)C2CCCC2C)CCC1NC. The van der Waals surface area contributed by atoms with Crippen LogP contribution in [0.3, 0.4) is 0 Å². The fourth-order valence-corrected chi connectivity index (χ4v) is 3.77. The molecule has 1 aliphatic heterocycles. The van der Waals surface area contributed by atoms with Crippen LogP contribution >= 0.6 is 0 Å². The molecule has 0 spiro atoms. The molecule has 1 N–H and O–H groups in total. The van der Waals surface area contributed by atoms with E-state index in [9.17, 15) is 4.79 Å². The van der Waals surface area contributed by atoms with Gasteiger partial charge in [0.1, 0.15) is 0 Å². The van der Waals surface area contributed by atoms with Crippen molar-refractivity contribution in [1.29, 1.82) is 0 Å². The zero-order valence-corrected chi connectivity index (χ0v) is 12.1. The summed E-state index contributed by atoms with van der Waals surface area (Å²) in [7, 11) is 2.05. The van der Waals surface area contributed by atoms with Gasteiger partial charge in [-0.15, -0.1) is 0 Å². The highest BCUT2D eigenvalue weighted by Crippen LogP contribution is 2.33. The van der Waals surface area contributed by atoms with Crippen molar-refractivity contribution in [1.82, 2.24) is 10.2 Å². The Hall–Kier alpha value is -0.570. The first-order chi connectivity index (χ1) is 8.67. The topological polar surface area (TPSA) is 32.3 Å². The number of rotatable bonds is 3. The molecule has 0 radical (unpaired) electrons. The third kappa shape index (κ3) is 2.71. The fraction of sp³-hybridized carbons (Fsp3) is 0.933. The molecular formula is C15H28N2O. The summed E-state index contributed by atoms with van der Waals surface area (Å²) in [6.07, 6.45) is 5.86. The summed E-state index contributed by atoms with van der Waals surface area (Å²) in [6, 6.07) is 0.597. The molecule has 0 bridgehead atoms. The molecule has 0 aromatic carbocycles. The predicted molar refractivity (Wildman–Crippen MR) is 74.3 cm³/mol. The maximum atomic E-state index is 12.6. The van der Waals surface area contributed by atoms with Gasteiger partial charge in [0.25, 0.3) is 0 Å². The smallest absolute Gasteiger partial charge is 0.225 e. The lowest BCUT2D eigenvalue weighted by Crippen LogP contribution is -2.51. The van der Waals surface area contributed by atoms with Crippen LogP contribution in [0.5, 0.6) is 0 Å². The third-order valence-corrected chi connectivity index (χ3v) is 5.12. The van der Waals surface area contributed by atoms with Crippen molar-refractivity contribution in [2.75, 3.05) is 20.1 Å². The number of nitrogens with one attached hydrogen (secondary N) is 1. The number of likely N-dealkylation sites (tertiary alicyclic amines) is 1. The predicted octanol–water partition coefficient (Wildman–Crippen LogP) is 2.27. The van der Waals surface area contributed by atoms with Gasteiger partial charge in [-0.1, -0.05) is 26.7 Å². The molecule has 18 heavy (non-hydrogen) atoms. The number of carbonyl (C=O) groups is 1. The largest absolute Gasteiger partial charge is 0.342 e. The first-order valence-electron chi connectivity index (χ1n) is 7.63. The van der Waals surface area contributed by atoms with Crippen molar-refractivity contribution in [3.8, 4) is 0 Å². The first kappa shape index (κ1) is 13.9. The zero-order valence-electron chi connectivity index (χ0n) is 12.1. The highest BCUT2D eigenvalue weighted by atomic mass is 16.2. The van der Waals surface area contributed by atoms with E-state index in [1.54, 1.807) is 0 Å². The van der Waals surface area contributed by atoms with Crippen LogP contribution in [0.4, 0.5) is 0 Å². The second kappa shape index (κ2) is 6.05. The van der Waals surface area contributed by atoms with Crippen LogP contribution < -0.4 is 5.32 Å². The highest BCUT2D eigenvalue weighted by molar-refractivity contribution is 5.79. The summed E-state index contributed by atoms with van der Waals surface area (Å²) in [5.74, 6) is 1.98. The number of carbonyl (C=O) groups excluding carboxylic acids is 1. The summed E-state index contributed by atoms with van der Waals surface area (Å²) >= 11 is 0. The van der Waals surface area contributed by atoms with Gasteiger partial charge < -0.3 is 10.2 Å². The lowest BCUT2D eigenvalue weighted by molar-refractivity contribution is -0.138. The molecule has 1 saturated heterocycles. The maximum Gasteiger partial charge on any atom is 0.225 e. The molecule has 3 heteroatoms. The van der Waals surface area contributed by atoms with Gasteiger partial charge in [-0.2, -0.15) is 0 Å².